The van der Waals surface area contributed by atoms with Gasteiger partial charge in [0.15, 0.2) is 0 Å². The number of hydrogen-bond donors (Lipinski definition) is 2. The molecular weight excluding hydrogens is 226 g/mol. The molecule has 0 fully saturated rings. The minimum atomic E-state index is -0.0608. The van der Waals surface area contributed by atoms with E-state index in [4.69, 9.17) is 5.73 Å². The molecule has 0 aromatic carbocycles. The number of nitrogens with zero attached hydrogens (tertiary/aromatic N) is 3. The van der Waals surface area contributed by atoms with Gasteiger partial charge in [-0.15, -0.1) is 5.10 Å². The number of rotatable bonds is 6. The Morgan fingerprint density at radius 2 is 2.50 bits per heavy atom. The first kappa shape index (κ1) is 13.0. The Kier molecular flexibility index (Phi) is 5.27. The van der Waals surface area contributed by atoms with E-state index in [1.165, 1.54) is 4.68 Å². The second-order valence-corrected chi connectivity index (χ2v) is 4.74. The monoisotopic (exact) mass is 243 g/mol. The highest BCUT2D eigenvalue weighted by Gasteiger charge is 2.06. The number of nitrogens with one attached hydrogen (secondary N) is 1. The Balaban J connectivity index is 2.33. The maximum Gasteiger partial charge on any atom is 0.241 e. The fourth-order valence-electron chi connectivity index (χ4n) is 1.05. The lowest BCUT2D eigenvalue weighted by Gasteiger charge is -2.09. The average Bonchev–Trinajstić information content (AvgIpc) is 2.73. The van der Waals surface area contributed by atoms with Crippen molar-refractivity contribution in [2.75, 3.05) is 12.8 Å². The van der Waals surface area contributed by atoms with Crippen molar-refractivity contribution in [3.05, 3.63) is 11.9 Å². The normalized spacial score (nSPS) is 12.4. The first-order chi connectivity index (χ1) is 7.65. The topological polar surface area (TPSA) is 85.8 Å². The van der Waals surface area contributed by atoms with Gasteiger partial charge in [-0.3, -0.25) is 4.79 Å². The van der Waals surface area contributed by atoms with Crippen molar-refractivity contribution in [3.63, 3.8) is 0 Å². The minimum Gasteiger partial charge on any atom is -0.353 e. The van der Waals surface area contributed by atoms with E-state index in [2.05, 4.69) is 22.6 Å². The summed E-state index contributed by atoms with van der Waals surface area (Å²) in [4.78, 5) is 11.5. The van der Waals surface area contributed by atoms with Crippen LogP contribution >= 0.6 is 11.8 Å². The number of carbonyl (C=O) groups is 1. The van der Waals surface area contributed by atoms with E-state index >= 15 is 0 Å². The molecule has 0 aliphatic heterocycles. The summed E-state index contributed by atoms with van der Waals surface area (Å²) in [5.74, 6) is -0.0608. The van der Waals surface area contributed by atoms with E-state index < -0.39 is 0 Å². The van der Waals surface area contributed by atoms with Crippen LogP contribution in [-0.4, -0.2) is 39.0 Å². The molecule has 1 heterocycles. The van der Waals surface area contributed by atoms with Gasteiger partial charge in [0.25, 0.3) is 0 Å². The van der Waals surface area contributed by atoms with Gasteiger partial charge in [0.1, 0.15) is 6.54 Å². The molecule has 0 aliphatic carbocycles. The SMILES string of the molecule is CSC(C)CNC(=O)Cn1cc(CN)nn1. The molecule has 0 bridgehead atoms. The third-order valence-electron chi connectivity index (χ3n) is 2.09. The van der Waals surface area contributed by atoms with Crippen molar-refractivity contribution in [3.8, 4) is 0 Å². The van der Waals surface area contributed by atoms with Crippen LogP contribution in [0.25, 0.3) is 0 Å². The van der Waals surface area contributed by atoms with Gasteiger partial charge in [0.05, 0.1) is 11.9 Å². The minimum absolute atomic E-state index is 0.0608. The van der Waals surface area contributed by atoms with Crippen LogP contribution in [-0.2, 0) is 17.9 Å². The molecule has 0 saturated heterocycles. The fourth-order valence-corrected chi connectivity index (χ4v) is 1.30. The van der Waals surface area contributed by atoms with Gasteiger partial charge in [-0.1, -0.05) is 12.1 Å². The Labute approximate surface area is 99.0 Å². The van der Waals surface area contributed by atoms with E-state index in [1.54, 1.807) is 18.0 Å². The molecule has 0 spiro atoms. The number of nitrogens with two attached hydrogens (primary N) is 1. The average molecular weight is 243 g/mol. The zero-order valence-corrected chi connectivity index (χ0v) is 10.3. The summed E-state index contributed by atoms with van der Waals surface area (Å²) in [5, 5.41) is 10.8. The molecule has 7 heteroatoms. The van der Waals surface area contributed by atoms with Crippen molar-refractivity contribution in [2.24, 2.45) is 5.73 Å². The lowest BCUT2D eigenvalue weighted by molar-refractivity contribution is -0.121. The standard InChI is InChI=1S/C9H17N5OS/c1-7(16-2)4-11-9(15)6-14-5-8(3-10)12-13-14/h5,7H,3-4,6,10H2,1-2H3,(H,11,15). The zero-order chi connectivity index (χ0) is 12.0. The molecular formula is C9H17N5OS. The summed E-state index contributed by atoms with van der Waals surface area (Å²) < 4.78 is 1.49. The van der Waals surface area contributed by atoms with Crippen LogP contribution in [0.4, 0.5) is 0 Å². The van der Waals surface area contributed by atoms with Crippen molar-refractivity contribution in [1.29, 1.82) is 0 Å². The van der Waals surface area contributed by atoms with Gasteiger partial charge >= 0.3 is 0 Å². The Hall–Kier alpha value is -1.08. The first-order valence-corrected chi connectivity index (χ1v) is 6.33. The molecule has 16 heavy (non-hydrogen) atoms. The quantitative estimate of drug-likeness (QED) is 0.710. The number of amides is 1. The van der Waals surface area contributed by atoms with Crippen LogP contribution in [0.2, 0.25) is 0 Å². The zero-order valence-electron chi connectivity index (χ0n) is 9.51. The highest BCUT2D eigenvalue weighted by molar-refractivity contribution is 7.99. The van der Waals surface area contributed by atoms with Gasteiger partial charge in [0, 0.05) is 18.3 Å². The highest BCUT2D eigenvalue weighted by atomic mass is 32.2. The van der Waals surface area contributed by atoms with E-state index in [1.807, 2.05) is 6.26 Å². The van der Waals surface area contributed by atoms with E-state index in [0.29, 0.717) is 24.0 Å². The largest absolute Gasteiger partial charge is 0.353 e. The van der Waals surface area contributed by atoms with Crippen molar-refractivity contribution in [2.45, 2.75) is 25.3 Å². The molecule has 1 amide bonds. The molecule has 1 aromatic heterocycles. The van der Waals surface area contributed by atoms with Crippen LogP contribution in [0.3, 0.4) is 0 Å². The van der Waals surface area contributed by atoms with Crippen LogP contribution in [0.15, 0.2) is 6.20 Å². The predicted molar refractivity (Wildman–Crippen MR) is 63.9 cm³/mol. The molecule has 0 aliphatic rings. The fraction of sp³-hybridized carbons (Fsp3) is 0.667. The van der Waals surface area contributed by atoms with Crippen molar-refractivity contribution in [1.82, 2.24) is 20.3 Å². The van der Waals surface area contributed by atoms with Crippen LogP contribution in [0.1, 0.15) is 12.6 Å². The second kappa shape index (κ2) is 6.49. The first-order valence-electron chi connectivity index (χ1n) is 5.04. The van der Waals surface area contributed by atoms with Gasteiger partial charge < -0.3 is 11.1 Å². The van der Waals surface area contributed by atoms with Crippen molar-refractivity contribution >= 4 is 17.7 Å². The molecule has 1 atom stereocenters. The Morgan fingerprint density at radius 3 is 3.06 bits per heavy atom. The highest BCUT2D eigenvalue weighted by Crippen LogP contribution is 2.02. The Bertz CT molecular complexity index is 340. The molecule has 0 radical (unpaired) electrons. The lowest BCUT2D eigenvalue weighted by atomic mass is 10.4. The summed E-state index contributed by atoms with van der Waals surface area (Å²) >= 11 is 1.71. The molecule has 90 valence electrons. The molecule has 0 saturated carbocycles. The Morgan fingerprint density at radius 1 is 1.75 bits per heavy atom. The maximum absolute atomic E-state index is 11.5. The summed E-state index contributed by atoms with van der Waals surface area (Å²) in [6, 6.07) is 0. The molecule has 1 rings (SSSR count). The maximum atomic E-state index is 11.5. The number of thioether (sulfide) groups is 1. The summed E-state index contributed by atoms with van der Waals surface area (Å²) in [7, 11) is 0. The van der Waals surface area contributed by atoms with E-state index in [0.717, 1.165) is 0 Å². The van der Waals surface area contributed by atoms with E-state index in [-0.39, 0.29) is 12.5 Å². The predicted octanol–water partition coefficient (Wildman–Crippen LogP) is -0.395. The second-order valence-electron chi connectivity index (χ2n) is 3.46. The van der Waals surface area contributed by atoms with Crippen LogP contribution < -0.4 is 11.1 Å². The van der Waals surface area contributed by atoms with E-state index in [9.17, 15) is 4.79 Å². The third-order valence-corrected chi connectivity index (χ3v) is 3.06. The van der Waals surface area contributed by atoms with Crippen LogP contribution in [0.5, 0.6) is 0 Å². The van der Waals surface area contributed by atoms with Gasteiger partial charge in [-0.25, -0.2) is 4.68 Å². The van der Waals surface area contributed by atoms with Gasteiger partial charge in [-0.05, 0) is 6.26 Å². The molecule has 3 N–H and O–H groups in total. The van der Waals surface area contributed by atoms with Crippen molar-refractivity contribution < 1.29 is 4.79 Å². The lowest BCUT2D eigenvalue weighted by Crippen LogP contribution is -2.32. The smallest absolute Gasteiger partial charge is 0.241 e. The molecule has 6 nitrogen and oxygen atoms in total. The summed E-state index contributed by atoms with van der Waals surface area (Å²) in [5.41, 5.74) is 6.08. The van der Waals surface area contributed by atoms with Gasteiger partial charge in [-0.2, -0.15) is 11.8 Å². The number of hydrogen-bond acceptors (Lipinski definition) is 5. The van der Waals surface area contributed by atoms with Crippen LogP contribution in [0, 0.1) is 0 Å². The number of carbonyl (C=O) groups excluding carboxylic acids is 1. The number of aromatic nitrogens is 3. The van der Waals surface area contributed by atoms with Gasteiger partial charge in [0.2, 0.25) is 5.91 Å². The molecule has 1 unspecified atom stereocenters. The summed E-state index contributed by atoms with van der Waals surface area (Å²) in [6.07, 6.45) is 3.69. The molecule has 1 aromatic rings. The third kappa shape index (κ3) is 4.19. The summed E-state index contributed by atoms with van der Waals surface area (Å²) in [6.45, 7) is 3.25.